The molecule has 2 aromatic heterocycles. The number of amides is 1. The number of nitrogens with one attached hydrogen (secondary N) is 1. The van der Waals surface area contributed by atoms with Gasteiger partial charge in [0.05, 0.1) is 7.11 Å². The Labute approximate surface area is 191 Å². The molecule has 32 heavy (non-hydrogen) atoms. The first-order chi connectivity index (χ1) is 14.6. The molecule has 9 nitrogen and oxygen atoms in total. The molecule has 1 aromatic carbocycles. The zero-order valence-electron chi connectivity index (χ0n) is 17.7. The van der Waals surface area contributed by atoms with E-state index < -0.39 is 20.5 Å². The van der Waals surface area contributed by atoms with Crippen LogP contribution in [0, 0.1) is 0 Å². The molecule has 1 amide bonds. The van der Waals surface area contributed by atoms with Gasteiger partial charge < -0.3 is 9.30 Å². The van der Waals surface area contributed by atoms with Crippen LogP contribution in [0.15, 0.2) is 53.6 Å². The standard InChI is InChI=1S/C21H23N3O6S.ClH/c1-21(20(26)23-27,31(3,28)29)9-11-24-10-8-15-12-14(4-6-17(15)19(24)25)16-5-7-18(30-2)22-13-16;/h4-8,10,12-13,27H,9,11H2,1-3H3,(H,23,26);1H. The van der Waals surface area contributed by atoms with E-state index in [4.69, 9.17) is 9.94 Å². The highest BCUT2D eigenvalue weighted by molar-refractivity contribution is 7.92. The van der Waals surface area contributed by atoms with Crippen LogP contribution in [0.4, 0.5) is 0 Å². The lowest BCUT2D eigenvalue weighted by Crippen LogP contribution is -2.49. The van der Waals surface area contributed by atoms with Gasteiger partial charge in [0.25, 0.3) is 11.5 Å². The highest BCUT2D eigenvalue weighted by Crippen LogP contribution is 2.25. The van der Waals surface area contributed by atoms with E-state index in [1.807, 2.05) is 12.1 Å². The summed E-state index contributed by atoms with van der Waals surface area (Å²) < 4.78 is 28.8. The molecule has 0 bridgehead atoms. The van der Waals surface area contributed by atoms with E-state index in [1.165, 1.54) is 24.1 Å². The molecule has 0 saturated heterocycles. The summed E-state index contributed by atoms with van der Waals surface area (Å²) in [4.78, 5) is 29.1. The molecule has 0 aliphatic rings. The summed E-state index contributed by atoms with van der Waals surface area (Å²) in [6.45, 7) is 1.20. The second-order valence-corrected chi connectivity index (χ2v) is 9.84. The molecule has 0 aliphatic carbocycles. The summed E-state index contributed by atoms with van der Waals surface area (Å²) in [5, 5.41) is 10.1. The Morgan fingerprint density at radius 3 is 2.47 bits per heavy atom. The van der Waals surface area contributed by atoms with E-state index in [0.717, 1.165) is 17.4 Å². The van der Waals surface area contributed by atoms with Gasteiger partial charge in [0.15, 0.2) is 14.6 Å². The van der Waals surface area contributed by atoms with Gasteiger partial charge in [0.2, 0.25) is 5.88 Å². The average molecular weight is 482 g/mol. The van der Waals surface area contributed by atoms with Crippen LogP contribution in [0.5, 0.6) is 5.88 Å². The number of halogens is 1. The summed E-state index contributed by atoms with van der Waals surface area (Å²) in [5.41, 5.74) is 2.84. The molecule has 172 valence electrons. The topological polar surface area (TPSA) is 128 Å². The summed E-state index contributed by atoms with van der Waals surface area (Å²) >= 11 is 0. The van der Waals surface area contributed by atoms with Crippen molar-refractivity contribution in [2.75, 3.05) is 13.4 Å². The Morgan fingerprint density at radius 2 is 1.91 bits per heavy atom. The minimum Gasteiger partial charge on any atom is -0.481 e. The van der Waals surface area contributed by atoms with Gasteiger partial charge in [-0.3, -0.25) is 14.8 Å². The molecular formula is C21H24ClN3O6S. The van der Waals surface area contributed by atoms with E-state index in [2.05, 4.69) is 4.98 Å². The Balaban J connectivity index is 0.00000363. The molecule has 1 unspecified atom stereocenters. The number of carbonyl (C=O) groups is 1. The van der Waals surface area contributed by atoms with Crippen LogP contribution in [0.2, 0.25) is 0 Å². The lowest BCUT2D eigenvalue weighted by atomic mass is 10.0. The normalized spacial score (nSPS) is 13.1. The maximum Gasteiger partial charge on any atom is 0.264 e. The number of carbonyl (C=O) groups excluding carboxylic acids is 1. The van der Waals surface area contributed by atoms with Gasteiger partial charge in [0, 0.05) is 42.2 Å². The van der Waals surface area contributed by atoms with E-state index in [9.17, 15) is 18.0 Å². The van der Waals surface area contributed by atoms with Crippen LogP contribution < -0.4 is 15.8 Å². The van der Waals surface area contributed by atoms with Gasteiger partial charge in [-0.1, -0.05) is 6.07 Å². The molecule has 11 heteroatoms. The predicted molar refractivity (Wildman–Crippen MR) is 123 cm³/mol. The Morgan fingerprint density at radius 1 is 1.22 bits per heavy atom. The molecule has 3 aromatic rings. The Bertz CT molecular complexity index is 1290. The third-order valence-electron chi connectivity index (χ3n) is 5.49. The number of nitrogens with zero attached hydrogens (tertiary/aromatic N) is 2. The lowest BCUT2D eigenvalue weighted by molar-refractivity contribution is -0.131. The second kappa shape index (κ2) is 9.68. The van der Waals surface area contributed by atoms with Crippen molar-refractivity contribution in [3.8, 4) is 17.0 Å². The summed E-state index contributed by atoms with van der Waals surface area (Å²) in [7, 11) is -2.31. The van der Waals surface area contributed by atoms with Crippen molar-refractivity contribution in [2.45, 2.75) is 24.6 Å². The fraction of sp³-hybridized carbons (Fsp3) is 0.286. The number of aromatic nitrogens is 2. The number of ether oxygens (including phenoxy) is 1. The molecule has 3 rings (SSSR count). The summed E-state index contributed by atoms with van der Waals surface area (Å²) in [5.74, 6) is -0.537. The van der Waals surface area contributed by atoms with Crippen molar-refractivity contribution in [3.05, 3.63) is 59.1 Å². The van der Waals surface area contributed by atoms with Crippen molar-refractivity contribution in [3.63, 3.8) is 0 Å². The van der Waals surface area contributed by atoms with Gasteiger partial charge in [-0.15, -0.1) is 12.4 Å². The number of methoxy groups -OCH3 is 1. The first kappa shape index (κ1) is 25.3. The summed E-state index contributed by atoms with van der Waals surface area (Å²) in [6.07, 6.45) is 3.97. The zero-order valence-corrected chi connectivity index (χ0v) is 19.4. The van der Waals surface area contributed by atoms with E-state index >= 15 is 0 Å². The molecular weight excluding hydrogens is 458 g/mol. The third-order valence-corrected chi connectivity index (χ3v) is 7.51. The number of benzene rings is 1. The highest BCUT2D eigenvalue weighted by atomic mass is 35.5. The van der Waals surface area contributed by atoms with Gasteiger partial charge in [-0.2, -0.15) is 0 Å². The Hall–Kier alpha value is -2.95. The number of sulfone groups is 1. The first-order valence-corrected chi connectivity index (χ1v) is 11.3. The van der Waals surface area contributed by atoms with Gasteiger partial charge in [-0.25, -0.2) is 18.9 Å². The van der Waals surface area contributed by atoms with E-state index in [-0.39, 0.29) is 30.9 Å². The van der Waals surface area contributed by atoms with Crippen molar-refractivity contribution in [1.29, 1.82) is 0 Å². The van der Waals surface area contributed by atoms with Crippen LogP contribution in [-0.4, -0.2) is 47.2 Å². The molecule has 0 saturated carbocycles. The number of fused-ring (bicyclic) bond motifs is 1. The molecule has 1 atom stereocenters. The largest absolute Gasteiger partial charge is 0.481 e. The number of pyridine rings is 2. The molecule has 0 fully saturated rings. The van der Waals surface area contributed by atoms with E-state index in [1.54, 1.807) is 36.7 Å². The quantitative estimate of drug-likeness (QED) is 0.391. The third kappa shape index (κ3) is 4.77. The predicted octanol–water partition coefficient (Wildman–Crippen LogP) is 2.19. The number of aryl methyl sites for hydroxylation is 1. The molecule has 0 aliphatic heterocycles. The molecule has 2 heterocycles. The number of hydrogen-bond acceptors (Lipinski definition) is 7. The zero-order chi connectivity index (χ0) is 22.8. The van der Waals surface area contributed by atoms with Crippen molar-refractivity contribution >= 4 is 38.9 Å². The van der Waals surface area contributed by atoms with Crippen LogP contribution >= 0.6 is 12.4 Å². The maximum absolute atomic E-state index is 12.9. The van der Waals surface area contributed by atoms with Gasteiger partial charge >= 0.3 is 0 Å². The smallest absolute Gasteiger partial charge is 0.264 e. The van der Waals surface area contributed by atoms with Crippen LogP contribution in [-0.2, 0) is 21.2 Å². The number of hydrogen-bond donors (Lipinski definition) is 2. The minimum absolute atomic E-state index is 0. The van der Waals surface area contributed by atoms with Gasteiger partial charge in [0.1, 0.15) is 0 Å². The van der Waals surface area contributed by atoms with Gasteiger partial charge in [-0.05, 0) is 48.6 Å². The average Bonchev–Trinajstić information content (AvgIpc) is 2.76. The molecule has 0 spiro atoms. The van der Waals surface area contributed by atoms with E-state index in [0.29, 0.717) is 16.7 Å². The van der Waals surface area contributed by atoms with Crippen LogP contribution in [0.25, 0.3) is 21.9 Å². The first-order valence-electron chi connectivity index (χ1n) is 9.38. The number of rotatable bonds is 7. The van der Waals surface area contributed by atoms with Crippen molar-refractivity contribution in [2.24, 2.45) is 0 Å². The minimum atomic E-state index is -3.84. The lowest BCUT2D eigenvalue weighted by Gasteiger charge is -2.25. The van der Waals surface area contributed by atoms with Crippen LogP contribution in [0.1, 0.15) is 13.3 Å². The molecule has 0 radical (unpaired) electrons. The highest BCUT2D eigenvalue weighted by Gasteiger charge is 2.43. The monoisotopic (exact) mass is 481 g/mol. The fourth-order valence-electron chi connectivity index (χ4n) is 3.23. The maximum atomic E-state index is 12.9. The second-order valence-electron chi connectivity index (χ2n) is 7.40. The summed E-state index contributed by atoms with van der Waals surface area (Å²) in [6, 6.07) is 10.7. The SMILES string of the molecule is COc1ccc(-c2ccc3c(=O)n(CCC(C)(C(=O)NO)S(C)(=O)=O)ccc3c2)cn1.Cl. The molecule has 2 N–H and O–H groups in total. The van der Waals surface area contributed by atoms with Crippen LogP contribution in [0.3, 0.4) is 0 Å². The fourth-order valence-corrected chi connectivity index (χ4v) is 4.08. The Kier molecular flexibility index (Phi) is 7.66. The van der Waals surface area contributed by atoms with Crippen molar-refractivity contribution in [1.82, 2.24) is 15.0 Å². The number of hydroxylamine groups is 1. The van der Waals surface area contributed by atoms with Crippen molar-refractivity contribution < 1.29 is 23.2 Å².